The molecule has 1 N–H and O–H groups in total. The molecule has 0 amide bonds. The molecule has 7 nitrogen and oxygen atoms in total. The van der Waals surface area contributed by atoms with E-state index in [2.05, 4.69) is 14.9 Å². The molecule has 0 fully saturated rings. The molecule has 9 heteroatoms. The molecule has 2 aromatic carbocycles. The number of aryl methyl sites for hydroxylation is 1. The van der Waals surface area contributed by atoms with Crippen molar-refractivity contribution in [3.05, 3.63) is 48.3 Å². The van der Waals surface area contributed by atoms with E-state index in [0.29, 0.717) is 12.2 Å². The van der Waals surface area contributed by atoms with Gasteiger partial charge in [0.2, 0.25) is 0 Å². The van der Waals surface area contributed by atoms with Gasteiger partial charge in [0, 0.05) is 19.1 Å². The van der Waals surface area contributed by atoms with Gasteiger partial charge in [-0.1, -0.05) is 12.1 Å². The van der Waals surface area contributed by atoms with Crippen LogP contribution in [-0.2, 0) is 26.2 Å². The van der Waals surface area contributed by atoms with Gasteiger partial charge in [0.05, 0.1) is 32.6 Å². The fourth-order valence-electron chi connectivity index (χ4n) is 3.21. The molecule has 0 aliphatic rings. The lowest BCUT2D eigenvalue weighted by molar-refractivity contribution is 0.600. The lowest BCUT2D eigenvalue weighted by Crippen LogP contribution is -2.15. The third-order valence-electron chi connectivity index (χ3n) is 4.54. The smallest absolute Gasteiger partial charge is 0.177 e. The van der Waals surface area contributed by atoms with Crippen LogP contribution in [0.3, 0.4) is 0 Å². The van der Waals surface area contributed by atoms with E-state index in [1.807, 2.05) is 38.1 Å². The highest BCUT2D eigenvalue weighted by Gasteiger charge is 2.21. The van der Waals surface area contributed by atoms with Crippen LogP contribution >= 0.6 is 0 Å². The number of sulfone groups is 2. The van der Waals surface area contributed by atoms with Gasteiger partial charge >= 0.3 is 0 Å². The number of benzene rings is 2. The minimum absolute atomic E-state index is 0.0353. The van der Waals surface area contributed by atoms with Crippen molar-refractivity contribution >= 4 is 36.4 Å². The first-order chi connectivity index (χ1) is 13.0. The van der Waals surface area contributed by atoms with Gasteiger partial charge in [-0.05, 0) is 44.2 Å². The number of hydrogen-bond acceptors (Lipinski definition) is 6. The molecule has 0 aliphatic heterocycles. The molecule has 1 aromatic heterocycles. The number of rotatable bonds is 6. The monoisotopic (exact) mass is 421 g/mol. The maximum absolute atomic E-state index is 12.3. The molecular weight excluding hydrogens is 398 g/mol. The summed E-state index contributed by atoms with van der Waals surface area (Å²) >= 11 is 0. The van der Waals surface area contributed by atoms with E-state index in [4.69, 9.17) is 0 Å². The first-order valence-corrected chi connectivity index (χ1v) is 12.6. The Bertz CT molecular complexity index is 1250. The van der Waals surface area contributed by atoms with Crippen LogP contribution in [0.25, 0.3) is 11.0 Å². The highest BCUT2D eigenvalue weighted by molar-refractivity contribution is 7.91. The van der Waals surface area contributed by atoms with Crippen LogP contribution in [0.2, 0.25) is 0 Å². The van der Waals surface area contributed by atoms with Gasteiger partial charge in [0.25, 0.3) is 0 Å². The summed E-state index contributed by atoms with van der Waals surface area (Å²) in [6, 6.07) is 11.6. The molecule has 0 aliphatic carbocycles. The Kier molecular flexibility index (Phi) is 5.24. The third-order valence-corrected chi connectivity index (χ3v) is 6.79. The summed E-state index contributed by atoms with van der Waals surface area (Å²) in [5.41, 5.74) is 2.21. The van der Waals surface area contributed by atoms with E-state index in [1.165, 1.54) is 18.2 Å². The van der Waals surface area contributed by atoms with Gasteiger partial charge in [0.1, 0.15) is 5.82 Å². The van der Waals surface area contributed by atoms with Crippen LogP contribution < -0.4 is 5.32 Å². The van der Waals surface area contributed by atoms with Crippen LogP contribution in [0.4, 0.5) is 5.69 Å². The highest BCUT2D eigenvalue weighted by atomic mass is 32.2. The zero-order valence-electron chi connectivity index (χ0n) is 16.2. The average molecular weight is 422 g/mol. The maximum Gasteiger partial charge on any atom is 0.177 e. The van der Waals surface area contributed by atoms with Gasteiger partial charge in [-0.15, -0.1) is 0 Å². The van der Waals surface area contributed by atoms with Gasteiger partial charge in [-0.3, -0.25) is 0 Å². The minimum atomic E-state index is -3.64. The number of imidazole rings is 1. The summed E-state index contributed by atoms with van der Waals surface area (Å²) in [6.07, 6.45) is 2.11. The molecule has 1 heterocycles. The van der Waals surface area contributed by atoms with E-state index in [-0.39, 0.29) is 15.8 Å². The number of fused-ring (bicyclic) bond motifs is 1. The fourth-order valence-corrected chi connectivity index (χ4v) is 4.80. The van der Waals surface area contributed by atoms with Crippen molar-refractivity contribution in [3.8, 4) is 0 Å². The van der Waals surface area contributed by atoms with Crippen molar-refractivity contribution in [2.45, 2.75) is 36.2 Å². The Morgan fingerprint density at radius 1 is 1.04 bits per heavy atom. The molecule has 1 unspecified atom stereocenters. The Labute approximate surface area is 165 Å². The van der Waals surface area contributed by atoms with Gasteiger partial charge in [-0.25, -0.2) is 21.8 Å². The zero-order chi connectivity index (χ0) is 20.7. The number of nitrogens with one attached hydrogen (secondary N) is 1. The molecule has 0 spiro atoms. The molecule has 28 heavy (non-hydrogen) atoms. The Hall–Kier alpha value is -2.39. The Morgan fingerprint density at radius 3 is 2.32 bits per heavy atom. The predicted molar refractivity (Wildman–Crippen MR) is 110 cm³/mol. The molecule has 1 atom stereocenters. The fraction of sp³-hybridized carbons (Fsp3) is 0.316. The second-order valence-electron chi connectivity index (χ2n) is 6.77. The van der Waals surface area contributed by atoms with Gasteiger partial charge < -0.3 is 9.88 Å². The van der Waals surface area contributed by atoms with E-state index < -0.39 is 19.7 Å². The van der Waals surface area contributed by atoms with Crippen molar-refractivity contribution in [2.24, 2.45) is 0 Å². The first kappa shape index (κ1) is 20.3. The van der Waals surface area contributed by atoms with Gasteiger partial charge in [0.15, 0.2) is 19.7 Å². The minimum Gasteiger partial charge on any atom is -0.374 e. The summed E-state index contributed by atoms with van der Waals surface area (Å²) in [7, 11) is -7.16. The van der Waals surface area contributed by atoms with Crippen molar-refractivity contribution in [1.82, 2.24) is 9.55 Å². The highest BCUT2D eigenvalue weighted by Crippen LogP contribution is 2.29. The van der Waals surface area contributed by atoms with Gasteiger partial charge in [-0.2, -0.15) is 0 Å². The second-order valence-corrected chi connectivity index (χ2v) is 10.8. The largest absolute Gasteiger partial charge is 0.374 e. The number of aromatic nitrogens is 2. The molecule has 0 saturated heterocycles. The normalized spacial score (nSPS) is 13.6. The molecule has 0 bridgehead atoms. The van der Waals surface area contributed by atoms with E-state index >= 15 is 0 Å². The molecule has 0 saturated carbocycles. The first-order valence-electron chi connectivity index (χ1n) is 8.78. The Balaban J connectivity index is 2.07. The number of nitrogens with zero attached hydrogens (tertiary/aromatic N) is 2. The number of anilines is 1. The topological polar surface area (TPSA) is 98.1 Å². The third kappa shape index (κ3) is 3.90. The summed E-state index contributed by atoms with van der Waals surface area (Å²) in [5, 5.41) is 3.19. The molecule has 3 rings (SSSR count). The van der Waals surface area contributed by atoms with Crippen molar-refractivity contribution in [2.75, 3.05) is 17.8 Å². The maximum atomic E-state index is 12.3. The van der Waals surface area contributed by atoms with Crippen molar-refractivity contribution < 1.29 is 16.8 Å². The zero-order valence-corrected chi connectivity index (χ0v) is 17.8. The Morgan fingerprint density at radius 2 is 1.71 bits per heavy atom. The molecular formula is C19H23N3O4S2. The quantitative estimate of drug-likeness (QED) is 0.657. The predicted octanol–water partition coefficient (Wildman–Crippen LogP) is 3.04. The van der Waals surface area contributed by atoms with Crippen LogP contribution in [-0.4, -0.2) is 38.9 Å². The van der Waals surface area contributed by atoms with E-state index in [9.17, 15) is 16.8 Å². The summed E-state index contributed by atoms with van der Waals surface area (Å²) in [4.78, 5) is 4.59. The SMILES string of the molecule is CCn1c(C(C)Nc2ccc(S(C)(=O)=O)cc2S(C)(=O)=O)nc2ccccc21. The van der Waals surface area contributed by atoms with Crippen LogP contribution in [0.5, 0.6) is 0 Å². The van der Waals surface area contributed by atoms with Crippen LogP contribution in [0.15, 0.2) is 52.3 Å². The van der Waals surface area contributed by atoms with Crippen molar-refractivity contribution in [1.29, 1.82) is 0 Å². The van der Waals surface area contributed by atoms with Crippen LogP contribution in [0.1, 0.15) is 25.7 Å². The standard InChI is InChI=1S/C19H23N3O4S2/c1-5-22-17-9-7-6-8-15(17)21-19(22)13(2)20-16-11-10-14(27(3,23)24)12-18(16)28(4,25)26/h6-13,20H,5H2,1-4H3. The summed E-state index contributed by atoms with van der Waals surface area (Å²) in [6.45, 7) is 4.63. The lowest BCUT2D eigenvalue weighted by Gasteiger charge is -2.19. The molecule has 0 radical (unpaired) electrons. The van der Waals surface area contributed by atoms with Crippen molar-refractivity contribution in [3.63, 3.8) is 0 Å². The number of hydrogen-bond donors (Lipinski definition) is 1. The number of para-hydroxylation sites is 2. The molecule has 150 valence electrons. The lowest BCUT2D eigenvalue weighted by atomic mass is 10.2. The summed E-state index contributed by atoms with van der Waals surface area (Å²) < 4.78 is 50.2. The average Bonchev–Trinajstić information content (AvgIpc) is 2.99. The summed E-state index contributed by atoms with van der Waals surface area (Å²) in [5.74, 6) is 0.773. The van der Waals surface area contributed by atoms with E-state index in [1.54, 1.807) is 0 Å². The molecule has 3 aromatic rings. The van der Waals surface area contributed by atoms with Crippen LogP contribution in [0, 0.1) is 0 Å². The van der Waals surface area contributed by atoms with E-state index in [0.717, 1.165) is 29.4 Å². The second kappa shape index (κ2) is 7.21.